The van der Waals surface area contributed by atoms with Crippen LogP contribution in [0.3, 0.4) is 0 Å². The van der Waals surface area contributed by atoms with E-state index < -0.39 is 0 Å². The van der Waals surface area contributed by atoms with Gasteiger partial charge in [-0.3, -0.25) is 4.79 Å². The summed E-state index contributed by atoms with van der Waals surface area (Å²) in [7, 11) is 0. The van der Waals surface area contributed by atoms with Gasteiger partial charge in [0.2, 0.25) is 11.1 Å². The van der Waals surface area contributed by atoms with Crippen molar-refractivity contribution in [2.24, 2.45) is 4.99 Å². The fourth-order valence-electron chi connectivity index (χ4n) is 2.44. The Labute approximate surface area is 160 Å². The van der Waals surface area contributed by atoms with Crippen LogP contribution >= 0.6 is 11.8 Å². The zero-order valence-electron chi connectivity index (χ0n) is 15.9. The first-order chi connectivity index (χ1) is 12.5. The number of aryl methyl sites for hydroxylation is 2. The van der Waals surface area contributed by atoms with Gasteiger partial charge < -0.3 is 10.6 Å². The van der Waals surface area contributed by atoms with Gasteiger partial charge in [-0.25, -0.2) is 4.99 Å². The molecule has 4 nitrogen and oxygen atoms in total. The second-order valence-electron chi connectivity index (χ2n) is 6.29. The predicted octanol–water partition coefficient (Wildman–Crippen LogP) is 5.24. The highest BCUT2D eigenvalue weighted by molar-refractivity contribution is 8.13. The molecule has 0 amide bonds. The highest BCUT2D eigenvalue weighted by Crippen LogP contribution is 2.15. The molecule has 2 aromatic rings. The zero-order valence-corrected chi connectivity index (χ0v) is 16.7. The Morgan fingerprint density at radius 3 is 1.81 bits per heavy atom. The third-order valence-corrected chi connectivity index (χ3v) is 4.62. The van der Waals surface area contributed by atoms with E-state index in [1.165, 1.54) is 22.9 Å². The van der Waals surface area contributed by atoms with Gasteiger partial charge in [-0.15, -0.1) is 0 Å². The molecule has 0 saturated heterocycles. The molecular weight excluding hydrogens is 342 g/mol. The molecule has 0 aromatic heterocycles. The summed E-state index contributed by atoms with van der Waals surface area (Å²) >= 11 is 1.23. The van der Waals surface area contributed by atoms with Crippen LogP contribution in [0, 0.1) is 13.8 Å². The summed E-state index contributed by atoms with van der Waals surface area (Å²) in [5.74, 6) is 0.582. The smallest absolute Gasteiger partial charge is 0.213 e. The maximum absolute atomic E-state index is 12.2. The number of benzene rings is 2. The molecule has 0 saturated carbocycles. The Balaban J connectivity index is 2.28. The fourth-order valence-corrected chi connectivity index (χ4v) is 2.89. The number of rotatable bonds is 6. The monoisotopic (exact) mass is 369 g/mol. The van der Waals surface area contributed by atoms with Crippen LogP contribution in [0.15, 0.2) is 53.5 Å². The maximum atomic E-state index is 12.2. The molecule has 0 bridgehead atoms. The van der Waals surface area contributed by atoms with Gasteiger partial charge >= 0.3 is 0 Å². The molecule has 0 radical (unpaired) electrons. The Kier molecular flexibility index (Phi) is 7.73. The van der Waals surface area contributed by atoms with Crippen molar-refractivity contribution in [2.45, 2.75) is 39.7 Å². The minimum Gasteiger partial charge on any atom is -0.326 e. The van der Waals surface area contributed by atoms with Crippen LogP contribution in [0.5, 0.6) is 0 Å². The van der Waals surface area contributed by atoms with Gasteiger partial charge in [0.1, 0.15) is 6.04 Å². The topological polar surface area (TPSA) is 53.5 Å². The van der Waals surface area contributed by atoms with E-state index in [-0.39, 0.29) is 11.2 Å². The quantitative estimate of drug-likeness (QED) is 0.540. The number of nitrogens with zero attached hydrogens (tertiary/aromatic N) is 1. The van der Waals surface area contributed by atoms with Crippen molar-refractivity contribution in [3.63, 3.8) is 0 Å². The van der Waals surface area contributed by atoms with Crippen LogP contribution in [0.25, 0.3) is 0 Å². The average Bonchev–Trinajstić information content (AvgIpc) is 2.64. The Morgan fingerprint density at radius 2 is 1.42 bits per heavy atom. The average molecular weight is 370 g/mol. The number of hydrogen-bond acceptors (Lipinski definition) is 3. The van der Waals surface area contributed by atoms with Crippen LogP contribution in [0.1, 0.15) is 30.9 Å². The van der Waals surface area contributed by atoms with Crippen molar-refractivity contribution in [1.82, 2.24) is 0 Å². The lowest BCUT2D eigenvalue weighted by Crippen LogP contribution is -2.27. The van der Waals surface area contributed by atoms with Crippen molar-refractivity contribution in [3.8, 4) is 0 Å². The molecule has 0 heterocycles. The number of carbonyl (C=O) groups is 1. The summed E-state index contributed by atoms with van der Waals surface area (Å²) in [4.78, 5) is 16.9. The summed E-state index contributed by atoms with van der Waals surface area (Å²) in [6.45, 7) is 6.17. The number of nitrogens with one attached hydrogen (secondary N) is 2. The number of carbonyl (C=O) groups excluding carboxylic acids is 1. The minimum absolute atomic E-state index is 0.0840. The summed E-state index contributed by atoms with van der Waals surface area (Å²) in [6.07, 6.45) is 3.44. The Bertz CT molecular complexity index is 689. The van der Waals surface area contributed by atoms with Gasteiger partial charge in [0.05, 0.1) is 0 Å². The third kappa shape index (κ3) is 6.23. The second kappa shape index (κ2) is 10.0. The first-order valence-electron chi connectivity index (χ1n) is 8.85. The molecule has 0 aliphatic rings. The van der Waals surface area contributed by atoms with Crippen LogP contribution in [-0.4, -0.2) is 23.4 Å². The molecule has 0 fully saturated rings. The Morgan fingerprint density at radius 1 is 0.962 bits per heavy atom. The molecule has 0 aliphatic carbocycles. The predicted molar refractivity (Wildman–Crippen MR) is 114 cm³/mol. The summed E-state index contributed by atoms with van der Waals surface area (Å²) in [6, 6.07) is 15.8. The molecule has 5 heteroatoms. The highest BCUT2D eigenvalue weighted by atomic mass is 32.2. The van der Waals surface area contributed by atoms with Crippen LogP contribution in [0.2, 0.25) is 0 Å². The second-order valence-corrected chi connectivity index (χ2v) is 7.10. The van der Waals surface area contributed by atoms with Gasteiger partial charge in [-0.1, -0.05) is 60.5 Å². The third-order valence-electron chi connectivity index (χ3n) is 3.95. The van der Waals surface area contributed by atoms with Gasteiger partial charge in [0.15, 0.2) is 0 Å². The maximum Gasteiger partial charge on any atom is 0.213 e. The molecule has 2 rings (SSSR count). The molecule has 1 atom stereocenters. The minimum atomic E-state index is -0.360. The van der Waals surface area contributed by atoms with Crippen molar-refractivity contribution in [1.29, 1.82) is 0 Å². The van der Waals surface area contributed by atoms with E-state index in [1.54, 1.807) is 6.26 Å². The summed E-state index contributed by atoms with van der Waals surface area (Å²) in [5, 5.41) is 6.71. The van der Waals surface area contributed by atoms with Crippen LogP contribution in [0.4, 0.5) is 11.4 Å². The van der Waals surface area contributed by atoms with Gasteiger partial charge in [0, 0.05) is 11.4 Å². The van der Waals surface area contributed by atoms with Gasteiger partial charge in [0.25, 0.3) is 0 Å². The SMILES string of the molecule is CCCC(N=C(Nc1ccc(C)cc1)Nc1ccc(C)cc1)C(=O)SC. The van der Waals surface area contributed by atoms with E-state index in [2.05, 4.69) is 31.4 Å². The molecule has 138 valence electrons. The molecule has 1 unspecified atom stereocenters. The van der Waals surface area contributed by atoms with Crippen molar-refractivity contribution >= 4 is 34.2 Å². The van der Waals surface area contributed by atoms with Crippen molar-refractivity contribution < 1.29 is 4.79 Å². The van der Waals surface area contributed by atoms with E-state index in [4.69, 9.17) is 4.99 Å². The standard InChI is InChI=1S/C21H27N3OS/c1-5-6-19(20(25)26-4)24-21(22-17-11-7-15(2)8-12-17)23-18-13-9-16(3)10-14-18/h7-14,19H,5-6H2,1-4H3,(H2,22,23,24). The molecular formula is C21H27N3OS. The van der Waals surface area contributed by atoms with Crippen molar-refractivity contribution in [3.05, 3.63) is 59.7 Å². The van der Waals surface area contributed by atoms with E-state index in [9.17, 15) is 4.79 Å². The largest absolute Gasteiger partial charge is 0.326 e. The van der Waals surface area contributed by atoms with Gasteiger partial charge in [-0.05, 0) is 50.8 Å². The number of aliphatic imine (C=N–C) groups is 1. The van der Waals surface area contributed by atoms with E-state index in [1.807, 2.05) is 48.5 Å². The summed E-state index contributed by atoms with van der Waals surface area (Å²) < 4.78 is 0. The molecule has 26 heavy (non-hydrogen) atoms. The molecule has 0 aliphatic heterocycles. The Hall–Kier alpha value is -2.27. The first kappa shape index (κ1) is 20.0. The van der Waals surface area contributed by atoms with Crippen molar-refractivity contribution in [2.75, 3.05) is 16.9 Å². The van der Waals surface area contributed by atoms with E-state index >= 15 is 0 Å². The normalized spacial score (nSPS) is 11.5. The number of guanidine groups is 1. The zero-order chi connectivity index (χ0) is 18.9. The number of anilines is 2. The molecule has 2 N–H and O–H groups in total. The lowest BCUT2D eigenvalue weighted by atomic mass is 10.2. The highest BCUT2D eigenvalue weighted by Gasteiger charge is 2.17. The first-order valence-corrected chi connectivity index (χ1v) is 10.1. The fraction of sp³-hybridized carbons (Fsp3) is 0.333. The molecule has 0 spiro atoms. The lowest BCUT2D eigenvalue weighted by Gasteiger charge is -2.16. The van der Waals surface area contributed by atoms with Crippen LogP contribution < -0.4 is 10.6 Å². The molecule has 2 aromatic carbocycles. The van der Waals surface area contributed by atoms with Gasteiger partial charge in [-0.2, -0.15) is 0 Å². The summed E-state index contributed by atoms with van der Waals surface area (Å²) in [5.41, 5.74) is 4.26. The van der Waals surface area contributed by atoms with Crippen LogP contribution in [-0.2, 0) is 4.79 Å². The number of hydrogen-bond donors (Lipinski definition) is 2. The van der Waals surface area contributed by atoms with E-state index in [0.717, 1.165) is 24.2 Å². The lowest BCUT2D eigenvalue weighted by molar-refractivity contribution is -0.112. The van der Waals surface area contributed by atoms with E-state index in [0.29, 0.717) is 5.96 Å². The number of thioether (sulfide) groups is 1.